The Kier molecular flexibility index (Phi) is 3.94. The molecule has 110 valence electrons. The number of benzene rings is 2. The molecule has 2 N–H and O–H groups in total. The Balaban J connectivity index is 2.66. The minimum atomic E-state index is -4.03. The molecule has 0 aromatic heterocycles. The lowest BCUT2D eigenvalue weighted by Crippen LogP contribution is -2.23. The molecule has 2 aromatic carbocycles. The van der Waals surface area contributed by atoms with E-state index in [0.717, 1.165) is 18.2 Å². The Labute approximate surface area is 120 Å². The van der Waals surface area contributed by atoms with E-state index >= 15 is 0 Å². The summed E-state index contributed by atoms with van der Waals surface area (Å²) in [5.74, 6) is -1.57. The van der Waals surface area contributed by atoms with Crippen LogP contribution in [0.3, 0.4) is 0 Å². The van der Waals surface area contributed by atoms with Gasteiger partial charge in [-0.15, -0.1) is 5.23 Å². The number of carboxylic acids is 1. The number of carbonyl (C=O) groups excluding carboxylic acids is 1. The predicted molar refractivity (Wildman–Crippen MR) is 68.7 cm³/mol. The van der Waals surface area contributed by atoms with Gasteiger partial charge in [0.15, 0.2) is 0 Å². The summed E-state index contributed by atoms with van der Waals surface area (Å²) >= 11 is 0. The second-order valence-electron chi connectivity index (χ2n) is 4.08. The van der Waals surface area contributed by atoms with Gasteiger partial charge >= 0.3 is 0 Å². The molecule has 0 unspecified atom stereocenters. The van der Waals surface area contributed by atoms with Gasteiger partial charge in [0.1, 0.15) is 10.6 Å². The molecular formula is C13H10NO6S-. The van der Waals surface area contributed by atoms with Crippen molar-refractivity contribution in [2.45, 2.75) is 9.79 Å². The van der Waals surface area contributed by atoms with Crippen LogP contribution in [-0.2, 0) is 9.84 Å². The molecule has 0 aliphatic rings. The van der Waals surface area contributed by atoms with Gasteiger partial charge in [0.05, 0.1) is 10.9 Å². The molecule has 0 radical (unpaired) electrons. The Bertz CT molecular complexity index is 771. The highest BCUT2D eigenvalue weighted by Crippen LogP contribution is 2.30. The maximum atomic E-state index is 12.4. The van der Waals surface area contributed by atoms with E-state index in [9.17, 15) is 18.3 Å². The zero-order chi connectivity index (χ0) is 15.6. The van der Waals surface area contributed by atoms with Crippen molar-refractivity contribution in [2.24, 2.45) is 0 Å². The summed E-state index contributed by atoms with van der Waals surface area (Å²) in [6.07, 6.45) is 0. The second-order valence-corrected chi connectivity index (χ2v) is 5.99. The smallest absolute Gasteiger partial charge is 0.208 e. The monoisotopic (exact) mass is 308 g/mol. The van der Waals surface area contributed by atoms with E-state index in [0.29, 0.717) is 0 Å². The summed E-state index contributed by atoms with van der Waals surface area (Å²) in [5, 5.41) is 28.6. The van der Waals surface area contributed by atoms with Crippen LogP contribution in [0.15, 0.2) is 58.3 Å². The molecular weight excluding hydrogens is 298 g/mol. The predicted octanol–water partition coefficient (Wildman–Crippen LogP) is 0.468. The van der Waals surface area contributed by atoms with Gasteiger partial charge < -0.3 is 9.90 Å². The maximum Gasteiger partial charge on any atom is 0.208 e. The molecule has 2 aromatic rings. The number of carboxylic acid groups (broad SMARTS) is 1. The Morgan fingerprint density at radius 2 is 1.67 bits per heavy atom. The standard InChI is InChI=1S/C13H11NO6S/c15-13(16)9-6-7-12(11(8-9)14(17)18)21(19,20)10-4-2-1-3-5-10/h1-8,17-18H,(H,15,16)/p-1. The zero-order valence-corrected chi connectivity index (χ0v) is 11.3. The van der Waals surface area contributed by atoms with Crippen LogP contribution in [-0.4, -0.2) is 24.8 Å². The largest absolute Gasteiger partial charge is 0.545 e. The number of hydrogen-bond acceptors (Lipinski definition) is 7. The van der Waals surface area contributed by atoms with Crippen molar-refractivity contribution < 1.29 is 28.7 Å². The maximum absolute atomic E-state index is 12.4. The first-order valence-corrected chi connectivity index (χ1v) is 7.16. The number of rotatable bonds is 4. The lowest BCUT2D eigenvalue weighted by atomic mass is 10.2. The minimum absolute atomic E-state index is 0.0608. The number of sulfone groups is 1. The lowest BCUT2D eigenvalue weighted by Gasteiger charge is -2.16. The van der Waals surface area contributed by atoms with Crippen molar-refractivity contribution in [2.75, 3.05) is 5.23 Å². The van der Waals surface area contributed by atoms with Crippen LogP contribution in [0.1, 0.15) is 10.4 Å². The fourth-order valence-electron chi connectivity index (χ4n) is 1.75. The van der Waals surface area contributed by atoms with Crippen LogP contribution in [0.5, 0.6) is 0 Å². The highest BCUT2D eigenvalue weighted by atomic mass is 32.2. The normalized spacial score (nSPS) is 11.1. The topological polar surface area (TPSA) is 118 Å². The van der Waals surface area contributed by atoms with Crippen molar-refractivity contribution in [3.63, 3.8) is 0 Å². The van der Waals surface area contributed by atoms with Crippen LogP contribution in [0.4, 0.5) is 5.69 Å². The van der Waals surface area contributed by atoms with Crippen molar-refractivity contribution in [3.8, 4) is 0 Å². The second kappa shape index (κ2) is 5.52. The van der Waals surface area contributed by atoms with Crippen LogP contribution in [0.25, 0.3) is 0 Å². The quantitative estimate of drug-likeness (QED) is 0.788. The van der Waals surface area contributed by atoms with Gasteiger partial charge in [0, 0.05) is 0 Å². The molecule has 2 rings (SSSR count). The summed E-state index contributed by atoms with van der Waals surface area (Å²) in [7, 11) is -4.03. The molecule has 0 amide bonds. The molecule has 7 nitrogen and oxygen atoms in total. The van der Waals surface area contributed by atoms with Gasteiger partial charge in [-0.05, 0) is 29.8 Å². The van der Waals surface area contributed by atoms with Crippen LogP contribution < -0.4 is 10.3 Å². The number of anilines is 1. The molecule has 0 bridgehead atoms. The average molecular weight is 308 g/mol. The van der Waals surface area contributed by atoms with E-state index in [-0.39, 0.29) is 10.5 Å². The Hall–Kier alpha value is -2.42. The molecule has 0 fully saturated rings. The Morgan fingerprint density at radius 1 is 1.05 bits per heavy atom. The van der Waals surface area contributed by atoms with Crippen molar-refractivity contribution in [3.05, 3.63) is 54.1 Å². The van der Waals surface area contributed by atoms with Gasteiger partial charge in [-0.3, -0.25) is 10.4 Å². The van der Waals surface area contributed by atoms with E-state index in [1.807, 2.05) is 0 Å². The highest BCUT2D eigenvalue weighted by molar-refractivity contribution is 7.91. The molecule has 8 heteroatoms. The molecule has 21 heavy (non-hydrogen) atoms. The van der Waals surface area contributed by atoms with Gasteiger partial charge in [0.25, 0.3) is 0 Å². The third-order valence-electron chi connectivity index (χ3n) is 2.75. The molecule has 0 aliphatic carbocycles. The summed E-state index contributed by atoms with van der Waals surface area (Å²) in [5.41, 5.74) is -0.967. The molecule has 0 aliphatic heterocycles. The number of aromatic carboxylic acids is 1. The summed E-state index contributed by atoms with van der Waals surface area (Å²) in [4.78, 5) is 10.3. The molecule has 0 atom stereocenters. The van der Waals surface area contributed by atoms with Crippen LogP contribution >= 0.6 is 0 Å². The summed E-state index contributed by atoms with van der Waals surface area (Å²) in [6, 6.07) is 10.1. The van der Waals surface area contributed by atoms with Gasteiger partial charge in [-0.25, -0.2) is 8.42 Å². The van der Waals surface area contributed by atoms with Crippen molar-refractivity contribution in [1.82, 2.24) is 0 Å². The first kappa shape index (κ1) is 15.0. The van der Waals surface area contributed by atoms with Crippen molar-refractivity contribution in [1.29, 1.82) is 0 Å². The van der Waals surface area contributed by atoms with Gasteiger partial charge in [0.2, 0.25) is 9.84 Å². The highest BCUT2D eigenvalue weighted by Gasteiger charge is 2.23. The van der Waals surface area contributed by atoms with E-state index in [2.05, 4.69) is 0 Å². The summed E-state index contributed by atoms with van der Waals surface area (Å²) < 4.78 is 24.9. The third kappa shape index (κ3) is 2.87. The van der Waals surface area contributed by atoms with Gasteiger partial charge in [-0.1, -0.05) is 24.3 Å². The number of hydrogen-bond donors (Lipinski definition) is 2. The lowest BCUT2D eigenvalue weighted by molar-refractivity contribution is -0.255. The summed E-state index contributed by atoms with van der Waals surface area (Å²) in [6.45, 7) is 0. The molecule has 0 heterocycles. The molecule has 0 spiro atoms. The first-order valence-electron chi connectivity index (χ1n) is 5.67. The molecule has 0 saturated carbocycles. The number of nitrogens with zero attached hydrogens (tertiary/aromatic N) is 1. The number of carbonyl (C=O) groups is 1. The molecule has 0 saturated heterocycles. The third-order valence-corrected chi connectivity index (χ3v) is 4.57. The first-order chi connectivity index (χ1) is 9.84. The minimum Gasteiger partial charge on any atom is -0.545 e. The van der Waals surface area contributed by atoms with E-state index in [1.165, 1.54) is 24.3 Å². The van der Waals surface area contributed by atoms with Gasteiger partial charge in [-0.2, -0.15) is 0 Å². The Morgan fingerprint density at radius 3 is 2.19 bits per heavy atom. The van der Waals surface area contributed by atoms with Crippen LogP contribution in [0.2, 0.25) is 0 Å². The van der Waals surface area contributed by atoms with E-state index < -0.39 is 31.6 Å². The van der Waals surface area contributed by atoms with E-state index in [1.54, 1.807) is 6.07 Å². The fraction of sp³-hybridized carbons (Fsp3) is 0. The average Bonchev–Trinajstić information content (AvgIpc) is 2.47. The van der Waals surface area contributed by atoms with E-state index in [4.69, 9.17) is 10.4 Å². The zero-order valence-electron chi connectivity index (χ0n) is 10.5. The van der Waals surface area contributed by atoms with Crippen molar-refractivity contribution >= 4 is 21.5 Å². The van der Waals surface area contributed by atoms with Crippen LogP contribution in [0, 0.1) is 0 Å². The SMILES string of the molecule is O=C([O-])c1ccc(S(=O)(=O)c2ccccc2)c(N(O)O)c1. The fourth-order valence-corrected chi connectivity index (χ4v) is 3.19.